The molecule has 0 spiro atoms. The molecule has 0 radical (unpaired) electrons. The molecule has 1 aromatic heterocycles. The number of thioether (sulfide) groups is 1. The van der Waals surface area contributed by atoms with Crippen molar-refractivity contribution in [2.75, 3.05) is 11.9 Å². The highest BCUT2D eigenvalue weighted by Gasteiger charge is 2.31. The van der Waals surface area contributed by atoms with Crippen LogP contribution in [0.3, 0.4) is 0 Å². The van der Waals surface area contributed by atoms with Gasteiger partial charge in [-0.05, 0) is 23.3 Å². The van der Waals surface area contributed by atoms with Gasteiger partial charge in [-0.2, -0.15) is 0 Å². The molecule has 1 unspecified atom stereocenters. The van der Waals surface area contributed by atoms with Crippen molar-refractivity contribution in [3.05, 3.63) is 81.6 Å². The number of anilines is 1. The van der Waals surface area contributed by atoms with Gasteiger partial charge < -0.3 is 15.0 Å². The first kappa shape index (κ1) is 19.8. The van der Waals surface area contributed by atoms with Gasteiger partial charge in [-0.1, -0.05) is 60.1 Å². The number of carbonyl (C=O) groups excluding carboxylic acids is 1. The van der Waals surface area contributed by atoms with Crippen LogP contribution >= 0.6 is 11.8 Å². The maximum atomic E-state index is 12.9. The van der Waals surface area contributed by atoms with Crippen LogP contribution in [0.15, 0.2) is 64.5 Å². The number of aromatic nitrogens is 2. The van der Waals surface area contributed by atoms with E-state index in [-0.39, 0.29) is 30.4 Å². The second kappa shape index (κ2) is 8.89. The van der Waals surface area contributed by atoms with Crippen LogP contribution in [0.5, 0.6) is 5.75 Å². The van der Waals surface area contributed by atoms with Gasteiger partial charge in [0.1, 0.15) is 18.2 Å². The molecular weight excluding hydrogens is 398 g/mol. The molecule has 1 aliphatic heterocycles. The number of nitrogens with one attached hydrogen (secondary N) is 2. The topological polar surface area (TPSA) is 84.1 Å². The van der Waals surface area contributed by atoms with Crippen LogP contribution in [0, 0.1) is 12.3 Å². The van der Waals surface area contributed by atoms with Crippen molar-refractivity contribution in [1.29, 1.82) is 0 Å². The number of nitrogens with zero attached hydrogens (tertiary/aromatic N) is 1. The Morgan fingerprint density at radius 2 is 1.90 bits per heavy atom. The fourth-order valence-corrected chi connectivity index (χ4v) is 4.17. The average Bonchev–Trinajstić information content (AvgIpc) is 2.76. The number of hydrogen-bond acceptors (Lipinski definition) is 5. The van der Waals surface area contributed by atoms with Crippen molar-refractivity contribution >= 4 is 23.5 Å². The van der Waals surface area contributed by atoms with Crippen molar-refractivity contribution in [3.8, 4) is 18.1 Å². The average molecular weight is 417 g/mol. The van der Waals surface area contributed by atoms with Crippen LogP contribution in [-0.4, -0.2) is 22.5 Å². The summed E-state index contributed by atoms with van der Waals surface area (Å²) in [5, 5.41) is 3.22. The molecule has 2 N–H and O–H groups in total. The SMILES string of the molecule is C#CCOc1ccc(C2CC(=O)Nc3nc(SCc4ccccc4)[nH]c(=O)c32)cc1. The Bertz CT molecular complexity index is 1150. The van der Waals surface area contributed by atoms with Crippen molar-refractivity contribution in [2.24, 2.45) is 0 Å². The van der Waals surface area contributed by atoms with E-state index in [2.05, 4.69) is 21.2 Å². The quantitative estimate of drug-likeness (QED) is 0.364. The lowest BCUT2D eigenvalue weighted by atomic mass is 9.87. The lowest BCUT2D eigenvalue weighted by molar-refractivity contribution is -0.116. The number of hydrogen-bond donors (Lipinski definition) is 2. The summed E-state index contributed by atoms with van der Waals surface area (Å²) in [5.41, 5.74) is 2.19. The lowest BCUT2D eigenvalue weighted by Gasteiger charge is -2.24. The molecule has 1 atom stereocenters. The molecule has 0 bridgehead atoms. The van der Waals surface area contributed by atoms with E-state index in [4.69, 9.17) is 11.2 Å². The molecule has 2 heterocycles. The van der Waals surface area contributed by atoms with E-state index in [1.165, 1.54) is 11.8 Å². The Kier molecular flexibility index (Phi) is 5.87. The largest absolute Gasteiger partial charge is 0.481 e. The Morgan fingerprint density at radius 1 is 1.13 bits per heavy atom. The summed E-state index contributed by atoms with van der Waals surface area (Å²) in [7, 11) is 0. The molecule has 7 heteroatoms. The maximum Gasteiger partial charge on any atom is 0.257 e. The third-order valence-electron chi connectivity index (χ3n) is 4.75. The van der Waals surface area contributed by atoms with Gasteiger partial charge in [-0.25, -0.2) is 4.98 Å². The van der Waals surface area contributed by atoms with Crippen molar-refractivity contribution < 1.29 is 9.53 Å². The molecule has 1 aliphatic rings. The molecule has 1 amide bonds. The number of fused-ring (bicyclic) bond motifs is 1. The fourth-order valence-electron chi connectivity index (χ4n) is 3.35. The minimum absolute atomic E-state index is 0.169. The lowest BCUT2D eigenvalue weighted by Crippen LogP contribution is -2.31. The number of rotatable bonds is 6. The van der Waals surface area contributed by atoms with Gasteiger partial charge in [0.05, 0.1) is 5.56 Å². The van der Waals surface area contributed by atoms with Gasteiger partial charge >= 0.3 is 0 Å². The second-order valence-corrected chi connectivity index (χ2v) is 7.74. The molecule has 3 aromatic rings. The van der Waals surface area contributed by atoms with E-state index in [9.17, 15) is 9.59 Å². The van der Waals surface area contributed by atoms with Gasteiger partial charge in [-0.3, -0.25) is 9.59 Å². The van der Waals surface area contributed by atoms with Gasteiger partial charge in [0.15, 0.2) is 5.16 Å². The maximum absolute atomic E-state index is 12.9. The number of terminal acetylenes is 1. The number of amides is 1. The monoisotopic (exact) mass is 417 g/mol. The van der Waals surface area contributed by atoms with E-state index in [0.717, 1.165) is 11.1 Å². The van der Waals surface area contributed by atoms with Crippen LogP contribution in [0.25, 0.3) is 0 Å². The van der Waals surface area contributed by atoms with E-state index in [0.29, 0.717) is 28.0 Å². The van der Waals surface area contributed by atoms with Gasteiger partial charge in [0, 0.05) is 18.1 Å². The molecule has 6 nitrogen and oxygen atoms in total. The summed E-state index contributed by atoms with van der Waals surface area (Å²) in [4.78, 5) is 32.6. The predicted octanol–water partition coefficient (Wildman–Crippen LogP) is 3.55. The fraction of sp³-hybridized carbons (Fsp3) is 0.174. The number of ether oxygens (including phenoxy) is 1. The highest BCUT2D eigenvalue weighted by molar-refractivity contribution is 7.98. The van der Waals surface area contributed by atoms with E-state index < -0.39 is 0 Å². The van der Waals surface area contributed by atoms with Crippen molar-refractivity contribution in [3.63, 3.8) is 0 Å². The van der Waals surface area contributed by atoms with Crippen molar-refractivity contribution in [1.82, 2.24) is 9.97 Å². The molecule has 150 valence electrons. The molecule has 0 saturated carbocycles. The first-order valence-corrected chi connectivity index (χ1v) is 10.4. The zero-order valence-electron chi connectivity index (χ0n) is 16.1. The third-order valence-corrected chi connectivity index (χ3v) is 5.70. The van der Waals surface area contributed by atoms with Crippen LogP contribution in [0.2, 0.25) is 0 Å². The summed E-state index contributed by atoms with van der Waals surface area (Å²) in [6.45, 7) is 0.182. The standard InChI is InChI=1S/C23H19N3O3S/c1-2-12-29-17-10-8-16(9-11-17)18-13-19(27)24-21-20(18)22(28)26-23(25-21)30-14-15-6-4-3-5-7-15/h1,3-11,18H,12-14H2,(H2,24,25,26,27,28). The summed E-state index contributed by atoms with van der Waals surface area (Å²) in [6, 6.07) is 17.2. The highest BCUT2D eigenvalue weighted by Crippen LogP contribution is 2.35. The van der Waals surface area contributed by atoms with E-state index >= 15 is 0 Å². The first-order valence-electron chi connectivity index (χ1n) is 9.41. The first-order chi connectivity index (χ1) is 14.6. The van der Waals surface area contributed by atoms with Crippen molar-refractivity contribution in [2.45, 2.75) is 23.2 Å². The molecule has 0 fully saturated rings. The number of carbonyl (C=O) groups is 1. The zero-order valence-corrected chi connectivity index (χ0v) is 16.9. The van der Waals surface area contributed by atoms with Gasteiger partial charge in [0.2, 0.25) is 5.91 Å². The Morgan fingerprint density at radius 3 is 2.63 bits per heavy atom. The third kappa shape index (κ3) is 4.39. The molecule has 2 aromatic carbocycles. The highest BCUT2D eigenvalue weighted by atomic mass is 32.2. The van der Waals surface area contributed by atoms with Gasteiger partial charge in [-0.15, -0.1) is 6.42 Å². The predicted molar refractivity (Wildman–Crippen MR) is 117 cm³/mol. The minimum Gasteiger partial charge on any atom is -0.481 e. The number of aromatic amines is 1. The zero-order chi connectivity index (χ0) is 20.9. The Balaban J connectivity index is 1.60. The molecule has 0 saturated heterocycles. The summed E-state index contributed by atoms with van der Waals surface area (Å²) >= 11 is 1.42. The number of H-pyrrole nitrogens is 1. The van der Waals surface area contributed by atoms with Gasteiger partial charge in [0.25, 0.3) is 5.56 Å². The molecule has 30 heavy (non-hydrogen) atoms. The smallest absolute Gasteiger partial charge is 0.257 e. The summed E-state index contributed by atoms with van der Waals surface area (Å²) < 4.78 is 5.39. The molecular formula is C23H19N3O3S. The van der Waals surface area contributed by atoms with E-state index in [1.807, 2.05) is 42.5 Å². The minimum atomic E-state index is -0.375. The Labute approximate surface area is 178 Å². The van der Waals surface area contributed by atoms with Crippen LogP contribution in [0.1, 0.15) is 29.0 Å². The number of benzene rings is 2. The van der Waals surface area contributed by atoms with Crippen LogP contribution in [0.4, 0.5) is 5.82 Å². The second-order valence-electron chi connectivity index (χ2n) is 6.77. The van der Waals surface area contributed by atoms with Crippen LogP contribution < -0.4 is 15.6 Å². The summed E-state index contributed by atoms with van der Waals surface area (Å²) in [6.07, 6.45) is 5.39. The van der Waals surface area contributed by atoms with Crippen LogP contribution in [-0.2, 0) is 10.5 Å². The molecule has 4 rings (SSSR count). The normalized spacial score (nSPS) is 15.0. The van der Waals surface area contributed by atoms with E-state index in [1.54, 1.807) is 12.1 Å². The molecule has 0 aliphatic carbocycles. The summed E-state index contributed by atoms with van der Waals surface area (Å²) in [5.74, 6) is 3.50. The Hall–Kier alpha value is -3.50.